The maximum absolute atomic E-state index is 13.2. The molecule has 82 valence electrons. The van der Waals surface area contributed by atoms with Gasteiger partial charge in [0.2, 0.25) is 5.82 Å². The van der Waals surface area contributed by atoms with E-state index in [2.05, 4.69) is 15.9 Å². The summed E-state index contributed by atoms with van der Waals surface area (Å²) in [5.41, 5.74) is -1.17. The molecule has 0 saturated heterocycles. The summed E-state index contributed by atoms with van der Waals surface area (Å²) < 4.78 is 34.8. The molecule has 0 bridgehead atoms. The number of hydrogen-bond acceptors (Lipinski definition) is 4. The number of nitro groups is 1. The van der Waals surface area contributed by atoms with Gasteiger partial charge in [-0.15, -0.1) is 0 Å². The van der Waals surface area contributed by atoms with E-state index in [-0.39, 0.29) is 4.47 Å². The largest absolute Gasteiger partial charge is 0.325 e. The molecule has 0 N–H and O–H groups in total. The summed E-state index contributed by atoms with van der Waals surface area (Å²) >= 11 is 2.70. The molecule has 15 heavy (non-hydrogen) atoms. The summed E-state index contributed by atoms with van der Waals surface area (Å²) in [7, 11) is 0.570. The second kappa shape index (κ2) is 4.03. The number of rotatable bonds is 2. The molecule has 0 atom stereocenters. The summed E-state index contributed by atoms with van der Waals surface area (Å²) in [6, 6.07) is 1.88. The van der Waals surface area contributed by atoms with E-state index >= 15 is 0 Å². The average Bonchev–Trinajstić information content (AvgIpc) is 2.06. The van der Waals surface area contributed by atoms with Crippen LogP contribution in [-0.2, 0) is 9.05 Å². The van der Waals surface area contributed by atoms with Crippen molar-refractivity contribution in [2.24, 2.45) is 0 Å². The SMILES string of the molecule is O=[N+]([O-])c1c(S(=O)(=O)Cl)ccc(Br)c1F. The molecule has 0 aromatic heterocycles. The number of benzene rings is 1. The van der Waals surface area contributed by atoms with Gasteiger partial charge in [0.1, 0.15) is 0 Å². The van der Waals surface area contributed by atoms with Gasteiger partial charge in [0.15, 0.2) is 4.90 Å². The molecule has 0 amide bonds. The van der Waals surface area contributed by atoms with Crippen molar-refractivity contribution in [3.05, 3.63) is 32.5 Å². The Bertz CT molecular complexity index is 532. The second-order valence-electron chi connectivity index (χ2n) is 2.40. The Morgan fingerprint density at radius 2 is 2.00 bits per heavy atom. The smallest absolute Gasteiger partial charge is 0.258 e. The minimum atomic E-state index is -4.35. The van der Waals surface area contributed by atoms with Crippen LogP contribution in [0.3, 0.4) is 0 Å². The Morgan fingerprint density at radius 3 is 2.40 bits per heavy atom. The van der Waals surface area contributed by atoms with Crippen LogP contribution in [0.15, 0.2) is 21.5 Å². The van der Waals surface area contributed by atoms with Gasteiger partial charge in [0, 0.05) is 10.7 Å². The first-order valence-electron chi connectivity index (χ1n) is 3.32. The quantitative estimate of drug-likeness (QED) is 0.476. The van der Waals surface area contributed by atoms with E-state index in [1.54, 1.807) is 0 Å². The summed E-state index contributed by atoms with van der Waals surface area (Å²) in [5, 5.41) is 10.5. The zero-order chi connectivity index (χ0) is 11.8. The lowest BCUT2D eigenvalue weighted by Gasteiger charge is -2.01. The lowest BCUT2D eigenvalue weighted by atomic mass is 10.3. The van der Waals surface area contributed by atoms with Crippen molar-refractivity contribution < 1.29 is 17.7 Å². The van der Waals surface area contributed by atoms with Crippen LogP contribution in [-0.4, -0.2) is 13.3 Å². The van der Waals surface area contributed by atoms with E-state index in [9.17, 15) is 22.9 Å². The molecule has 5 nitrogen and oxygen atoms in total. The van der Waals surface area contributed by atoms with Gasteiger partial charge in [-0.2, -0.15) is 4.39 Å². The van der Waals surface area contributed by atoms with Crippen molar-refractivity contribution >= 4 is 41.4 Å². The molecule has 1 aromatic rings. The molecule has 0 radical (unpaired) electrons. The van der Waals surface area contributed by atoms with Crippen molar-refractivity contribution in [2.45, 2.75) is 4.90 Å². The maximum atomic E-state index is 13.2. The molecule has 0 aliphatic carbocycles. The summed E-state index contributed by atoms with van der Waals surface area (Å²) in [6.07, 6.45) is 0. The Hall–Kier alpha value is -0.730. The molecular formula is C6H2BrClFNO4S. The van der Waals surface area contributed by atoms with Crippen LogP contribution in [0.1, 0.15) is 0 Å². The molecule has 0 aliphatic rings. The van der Waals surface area contributed by atoms with Crippen LogP contribution in [0, 0.1) is 15.9 Å². The molecule has 0 fully saturated rings. The zero-order valence-corrected chi connectivity index (χ0v) is 9.94. The Kier molecular flexibility index (Phi) is 3.31. The standard InChI is InChI=1S/C6H2BrClFNO4S/c7-3-1-2-4(15(8,13)14)6(5(3)9)10(11)12/h1-2H. The van der Waals surface area contributed by atoms with Gasteiger partial charge in [-0.05, 0) is 28.1 Å². The number of halogens is 3. The Morgan fingerprint density at radius 1 is 1.47 bits per heavy atom. The number of hydrogen-bond donors (Lipinski definition) is 0. The van der Waals surface area contributed by atoms with Gasteiger partial charge in [-0.3, -0.25) is 10.1 Å². The van der Waals surface area contributed by atoms with Crippen LogP contribution in [0.2, 0.25) is 0 Å². The molecule has 0 spiro atoms. The maximum Gasteiger partial charge on any atom is 0.325 e. The summed E-state index contributed by atoms with van der Waals surface area (Å²) in [6.45, 7) is 0. The highest BCUT2D eigenvalue weighted by atomic mass is 79.9. The van der Waals surface area contributed by atoms with Crippen molar-refractivity contribution in [1.82, 2.24) is 0 Å². The van der Waals surface area contributed by atoms with Gasteiger partial charge < -0.3 is 0 Å². The predicted molar refractivity (Wildman–Crippen MR) is 53.8 cm³/mol. The lowest BCUT2D eigenvalue weighted by Crippen LogP contribution is -2.02. The van der Waals surface area contributed by atoms with Crippen molar-refractivity contribution in [3.63, 3.8) is 0 Å². The second-order valence-corrected chi connectivity index (χ2v) is 5.79. The van der Waals surface area contributed by atoms with E-state index in [0.29, 0.717) is 0 Å². The third-order valence-electron chi connectivity index (χ3n) is 1.48. The molecule has 1 aromatic carbocycles. The van der Waals surface area contributed by atoms with Gasteiger partial charge in [0.25, 0.3) is 9.05 Å². The minimum absolute atomic E-state index is 0.210. The fraction of sp³-hybridized carbons (Fsp3) is 0. The molecule has 0 heterocycles. The molecule has 0 unspecified atom stereocenters. The van der Waals surface area contributed by atoms with Crippen molar-refractivity contribution in [1.29, 1.82) is 0 Å². The van der Waals surface area contributed by atoms with E-state index in [1.807, 2.05) is 0 Å². The highest BCUT2D eigenvalue weighted by Crippen LogP contribution is 2.33. The fourth-order valence-electron chi connectivity index (χ4n) is 0.889. The average molecular weight is 319 g/mol. The first-order valence-corrected chi connectivity index (χ1v) is 6.42. The Balaban J connectivity index is 3.70. The minimum Gasteiger partial charge on any atom is -0.258 e. The van der Waals surface area contributed by atoms with Gasteiger partial charge >= 0.3 is 5.69 Å². The van der Waals surface area contributed by atoms with Crippen molar-refractivity contribution in [3.8, 4) is 0 Å². The fourth-order valence-corrected chi connectivity index (χ4v) is 2.21. The van der Waals surface area contributed by atoms with Gasteiger partial charge in [-0.1, -0.05) is 0 Å². The molecular weight excluding hydrogens is 316 g/mol. The molecule has 0 saturated carbocycles. The van der Waals surface area contributed by atoms with E-state index in [0.717, 1.165) is 12.1 Å². The van der Waals surface area contributed by atoms with Gasteiger partial charge in [0.05, 0.1) is 9.40 Å². The summed E-state index contributed by atoms with van der Waals surface area (Å²) in [4.78, 5) is 8.45. The van der Waals surface area contributed by atoms with E-state index in [4.69, 9.17) is 10.7 Å². The van der Waals surface area contributed by atoms with E-state index in [1.165, 1.54) is 0 Å². The first kappa shape index (κ1) is 12.3. The van der Waals surface area contributed by atoms with E-state index < -0.39 is 30.4 Å². The van der Waals surface area contributed by atoms with Crippen molar-refractivity contribution in [2.75, 3.05) is 0 Å². The number of nitro benzene ring substituents is 1. The van der Waals surface area contributed by atoms with Crippen LogP contribution in [0.25, 0.3) is 0 Å². The lowest BCUT2D eigenvalue weighted by molar-refractivity contribution is -0.390. The van der Waals surface area contributed by atoms with Crippen LogP contribution in [0.4, 0.5) is 10.1 Å². The highest BCUT2D eigenvalue weighted by Gasteiger charge is 2.29. The molecule has 1 rings (SSSR count). The zero-order valence-electron chi connectivity index (χ0n) is 6.78. The third-order valence-corrected chi connectivity index (χ3v) is 3.44. The van der Waals surface area contributed by atoms with Gasteiger partial charge in [-0.25, -0.2) is 8.42 Å². The predicted octanol–water partition coefficient (Wildman–Crippen LogP) is 2.42. The summed E-state index contributed by atoms with van der Waals surface area (Å²) in [5.74, 6) is -1.28. The molecule has 0 aliphatic heterocycles. The monoisotopic (exact) mass is 317 g/mol. The first-order chi connectivity index (χ1) is 6.75. The third kappa shape index (κ3) is 2.44. The normalized spacial score (nSPS) is 11.4. The van der Waals surface area contributed by atoms with Crippen LogP contribution < -0.4 is 0 Å². The highest BCUT2D eigenvalue weighted by molar-refractivity contribution is 9.10. The Labute approximate surface area is 96.5 Å². The number of nitrogens with zero attached hydrogens (tertiary/aromatic N) is 1. The van der Waals surface area contributed by atoms with Crippen LogP contribution >= 0.6 is 26.6 Å². The van der Waals surface area contributed by atoms with Crippen LogP contribution in [0.5, 0.6) is 0 Å². The molecule has 9 heteroatoms. The topological polar surface area (TPSA) is 77.3 Å².